The van der Waals surface area contributed by atoms with Crippen molar-refractivity contribution in [1.29, 1.82) is 0 Å². The highest BCUT2D eigenvalue weighted by Gasteiger charge is 2.06. The molecule has 20 heavy (non-hydrogen) atoms. The predicted molar refractivity (Wildman–Crippen MR) is 81.5 cm³/mol. The first-order chi connectivity index (χ1) is 9.72. The van der Waals surface area contributed by atoms with Gasteiger partial charge < -0.3 is 15.2 Å². The number of para-hydroxylation sites is 1. The molecule has 5 heteroatoms. The summed E-state index contributed by atoms with van der Waals surface area (Å²) in [7, 11) is 1.57. The van der Waals surface area contributed by atoms with Crippen molar-refractivity contribution in [2.24, 2.45) is 10.7 Å². The molecule has 2 rings (SSSR count). The van der Waals surface area contributed by atoms with Crippen LogP contribution in [0.2, 0.25) is 0 Å². The Bertz CT molecular complexity index is 600. The van der Waals surface area contributed by atoms with E-state index in [-0.39, 0.29) is 5.88 Å². The Balaban J connectivity index is 2.30. The summed E-state index contributed by atoms with van der Waals surface area (Å²) < 4.78 is 11.0. The highest BCUT2D eigenvalue weighted by molar-refractivity contribution is 6.28. The molecule has 0 aliphatic heterocycles. The van der Waals surface area contributed by atoms with Crippen LogP contribution >= 0.6 is 11.6 Å². The molecule has 0 aliphatic carbocycles. The molecule has 2 aromatic rings. The molecule has 4 nitrogen and oxygen atoms in total. The molecule has 2 N–H and O–H groups in total. The van der Waals surface area contributed by atoms with E-state index in [0.717, 1.165) is 5.75 Å². The van der Waals surface area contributed by atoms with Crippen molar-refractivity contribution < 1.29 is 9.47 Å². The number of nitrogens with two attached hydrogens (primary N) is 1. The number of ether oxygens (including phenoxy) is 2. The van der Waals surface area contributed by atoms with Crippen molar-refractivity contribution >= 4 is 23.1 Å². The summed E-state index contributed by atoms with van der Waals surface area (Å²) in [4.78, 5) is 4.21. The lowest BCUT2D eigenvalue weighted by molar-refractivity contribution is 0.414. The Kier molecular flexibility index (Phi) is 4.85. The van der Waals surface area contributed by atoms with E-state index >= 15 is 0 Å². The van der Waals surface area contributed by atoms with Crippen molar-refractivity contribution in [1.82, 2.24) is 0 Å². The topological polar surface area (TPSA) is 56.8 Å². The maximum absolute atomic E-state index is 5.74. The lowest BCUT2D eigenvalue weighted by Crippen LogP contribution is -2.12. The molecule has 2 aromatic carbocycles. The molecule has 0 atom stereocenters. The van der Waals surface area contributed by atoms with Gasteiger partial charge in [-0.3, -0.25) is 0 Å². The van der Waals surface area contributed by atoms with E-state index in [2.05, 4.69) is 4.99 Å². The lowest BCUT2D eigenvalue weighted by Gasteiger charge is -2.09. The van der Waals surface area contributed by atoms with Gasteiger partial charge in [0.15, 0.2) is 0 Å². The van der Waals surface area contributed by atoms with Gasteiger partial charge in [-0.2, -0.15) is 0 Å². The van der Waals surface area contributed by atoms with Crippen molar-refractivity contribution in [2.45, 2.75) is 0 Å². The van der Waals surface area contributed by atoms with Gasteiger partial charge in [-0.1, -0.05) is 18.2 Å². The molecule has 0 bridgehead atoms. The fraction of sp³-hybridized carbons (Fsp3) is 0.133. The average molecular weight is 291 g/mol. The quantitative estimate of drug-likeness (QED) is 0.519. The van der Waals surface area contributed by atoms with Crippen LogP contribution in [0.25, 0.3) is 0 Å². The van der Waals surface area contributed by atoms with Crippen LogP contribution in [0.3, 0.4) is 0 Å². The van der Waals surface area contributed by atoms with Crippen LogP contribution in [-0.2, 0) is 0 Å². The molecule has 0 spiro atoms. The van der Waals surface area contributed by atoms with Crippen LogP contribution in [0.1, 0.15) is 0 Å². The van der Waals surface area contributed by atoms with Gasteiger partial charge in [0.1, 0.15) is 28.8 Å². The van der Waals surface area contributed by atoms with E-state index in [4.69, 9.17) is 26.8 Å². The summed E-state index contributed by atoms with van der Waals surface area (Å²) in [5, 5.41) is 0. The summed E-state index contributed by atoms with van der Waals surface area (Å²) >= 11 is 5.64. The van der Waals surface area contributed by atoms with Gasteiger partial charge in [-0.25, -0.2) is 4.99 Å². The average Bonchev–Trinajstić information content (AvgIpc) is 2.48. The smallest absolute Gasteiger partial charge is 0.144 e. The number of alkyl halides is 1. The number of halogens is 1. The Morgan fingerprint density at radius 1 is 1.15 bits per heavy atom. The number of hydrogen-bond donors (Lipinski definition) is 1. The highest BCUT2D eigenvalue weighted by atomic mass is 35.5. The fourth-order valence-electron chi connectivity index (χ4n) is 1.63. The van der Waals surface area contributed by atoms with Gasteiger partial charge in [0.25, 0.3) is 0 Å². The number of rotatable bonds is 5. The second-order valence-electron chi connectivity index (χ2n) is 3.99. The molecular weight excluding hydrogens is 276 g/mol. The van der Waals surface area contributed by atoms with E-state index in [1.807, 2.05) is 36.4 Å². The minimum atomic E-state index is 0.160. The molecule has 0 amide bonds. The second kappa shape index (κ2) is 6.82. The first kappa shape index (κ1) is 14.2. The van der Waals surface area contributed by atoms with Gasteiger partial charge in [0, 0.05) is 6.07 Å². The first-order valence-corrected chi connectivity index (χ1v) is 6.56. The third-order valence-corrected chi connectivity index (χ3v) is 2.80. The van der Waals surface area contributed by atoms with E-state index in [1.54, 1.807) is 19.2 Å². The van der Waals surface area contributed by atoms with Crippen LogP contribution in [0.15, 0.2) is 53.5 Å². The Hall–Kier alpha value is -2.20. The van der Waals surface area contributed by atoms with Crippen LogP contribution in [0.4, 0.5) is 5.69 Å². The zero-order chi connectivity index (χ0) is 14.4. The first-order valence-electron chi connectivity index (χ1n) is 6.03. The van der Waals surface area contributed by atoms with Crippen LogP contribution in [0, 0.1) is 0 Å². The maximum atomic E-state index is 5.74. The molecule has 0 heterocycles. The van der Waals surface area contributed by atoms with Crippen molar-refractivity contribution in [3.8, 4) is 17.2 Å². The van der Waals surface area contributed by atoms with Gasteiger partial charge in [-0.15, -0.1) is 11.6 Å². The molecule has 0 aliphatic rings. The van der Waals surface area contributed by atoms with E-state index < -0.39 is 0 Å². The third-order valence-electron chi connectivity index (χ3n) is 2.53. The van der Waals surface area contributed by atoms with Gasteiger partial charge in [0.05, 0.1) is 13.0 Å². The second-order valence-corrected chi connectivity index (χ2v) is 4.25. The normalized spacial score (nSPS) is 11.2. The number of hydrogen-bond acceptors (Lipinski definition) is 3. The van der Waals surface area contributed by atoms with Crippen LogP contribution in [-0.4, -0.2) is 18.8 Å². The summed E-state index contributed by atoms with van der Waals surface area (Å²) in [6.07, 6.45) is 0. The van der Waals surface area contributed by atoms with E-state index in [9.17, 15) is 0 Å². The van der Waals surface area contributed by atoms with Crippen LogP contribution < -0.4 is 15.2 Å². The van der Waals surface area contributed by atoms with E-state index in [0.29, 0.717) is 23.0 Å². The van der Waals surface area contributed by atoms with Crippen molar-refractivity contribution in [3.05, 3.63) is 48.5 Å². The molecule has 0 unspecified atom stereocenters. The molecule has 104 valence electrons. The van der Waals surface area contributed by atoms with Gasteiger partial charge in [0.2, 0.25) is 0 Å². The Labute approximate surface area is 122 Å². The SMILES string of the molecule is COc1ccc(Oc2ccccc2)cc1N=C(N)CCl. The standard InChI is InChI=1S/C15H15ClN2O2/c1-19-14-8-7-12(9-13(14)18-15(17)10-16)20-11-5-3-2-4-6-11/h2-9H,10H2,1H3,(H2,17,18). The van der Waals surface area contributed by atoms with Crippen molar-refractivity contribution in [3.63, 3.8) is 0 Å². The van der Waals surface area contributed by atoms with Gasteiger partial charge in [-0.05, 0) is 24.3 Å². The highest BCUT2D eigenvalue weighted by Crippen LogP contribution is 2.33. The number of aliphatic imine (C=N–C) groups is 1. The Morgan fingerprint density at radius 3 is 2.55 bits per heavy atom. The Morgan fingerprint density at radius 2 is 1.90 bits per heavy atom. The van der Waals surface area contributed by atoms with Gasteiger partial charge >= 0.3 is 0 Å². The zero-order valence-electron chi connectivity index (χ0n) is 11.0. The number of benzene rings is 2. The molecule has 0 radical (unpaired) electrons. The molecule has 0 fully saturated rings. The fourth-order valence-corrected chi connectivity index (χ4v) is 1.69. The third kappa shape index (κ3) is 3.65. The number of methoxy groups -OCH3 is 1. The maximum Gasteiger partial charge on any atom is 0.144 e. The van der Waals surface area contributed by atoms with E-state index in [1.165, 1.54) is 0 Å². The lowest BCUT2D eigenvalue weighted by atomic mass is 10.2. The summed E-state index contributed by atoms with van der Waals surface area (Å²) in [6, 6.07) is 14.8. The largest absolute Gasteiger partial charge is 0.494 e. The van der Waals surface area contributed by atoms with Crippen molar-refractivity contribution in [2.75, 3.05) is 13.0 Å². The predicted octanol–water partition coefficient (Wildman–Crippen LogP) is 3.72. The molecule has 0 saturated heterocycles. The summed E-state index contributed by atoms with van der Waals surface area (Å²) in [6.45, 7) is 0. The molecule has 0 saturated carbocycles. The minimum Gasteiger partial charge on any atom is -0.494 e. The minimum absolute atomic E-state index is 0.160. The zero-order valence-corrected chi connectivity index (χ0v) is 11.8. The summed E-state index contributed by atoms with van der Waals surface area (Å²) in [5.41, 5.74) is 6.24. The monoisotopic (exact) mass is 290 g/mol. The molecule has 0 aromatic heterocycles. The van der Waals surface area contributed by atoms with Crippen LogP contribution in [0.5, 0.6) is 17.2 Å². The number of nitrogens with zero attached hydrogens (tertiary/aromatic N) is 1. The summed E-state index contributed by atoms with van der Waals surface area (Å²) in [5.74, 6) is 2.49. The molecular formula is C15H15ClN2O2. The number of amidine groups is 1.